The number of hydrogen-bond acceptors (Lipinski definition) is 5. The number of carbonyl (C=O) groups is 1. The Labute approximate surface area is 186 Å². The first kappa shape index (κ1) is 21.3. The van der Waals surface area contributed by atoms with Gasteiger partial charge in [-0.3, -0.25) is 4.79 Å². The molecule has 3 aromatic rings. The van der Waals surface area contributed by atoms with Gasteiger partial charge in [-0.25, -0.2) is 4.99 Å². The number of amides is 1. The van der Waals surface area contributed by atoms with Crippen molar-refractivity contribution >= 4 is 17.6 Å². The minimum atomic E-state index is -0.290. The van der Waals surface area contributed by atoms with E-state index in [0.29, 0.717) is 31.3 Å². The highest BCUT2D eigenvalue weighted by Gasteiger charge is 2.20. The van der Waals surface area contributed by atoms with Crippen LogP contribution in [0.5, 0.6) is 11.5 Å². The smallest absolute Gasteiger partial charge is 0.291 e. The van der Waals surface area contributed by atoms with Gasteiger partial charge in [0.1, 0.15) is 12.7 Å². The van der Waals surface area contributed by atoms with Crippen molar-refractivity contribution in [2.45, 2.75) is 19.6 Å². The van der Waals surface area contributed by atoms with Crippen molar-refractivity contribution in [3.8, 4) is 11.5 Å². The van der Waals surface area contributed by atoms with Crippen molar-refractivity contribution in [3.05, 3.63) is 78.3 Å². The topological polar surface area (TPSA) is 97.1 Å². The first-order valence-corrected chi connectivity index (χ1v) is 10.6. The van der Waals surface area contributed by atoms with Crippen molar-refractivity contribution in [1.29, 1.82) is 0 Å². The zero-order chi connectivity index (χ0) is 22.2. The molecule has 1 unspecified atom stereocenters. The molecule has 2 aromatic carbocycles. The lowest BCUT2D eigenvalue weighted by molar-refractivity contribution is 0.0936. The lowest BCUT2D eigenvalue weighted by Crippen LogP contribution is -2.45. The molecule has 1 aliphatic heterocycles. The Hall–Kier alpha value is -3.94. The Morgan fingerprint density at radius 3 is 2.75 bits per heavy atom. The van der Waals surface area contributed by atoms with Crippen molar-refractivity contribution in [2.24, 2.45) is 4.99 Å². The zero-order valence-electron chi connectivity index (χ0n) is 17.8. The van der Waals surface area contributed by atoms with E-state index in [1.807, 2.05) is 55.5 Å². The van der Waals surface area contributed by atoms with E-state index in [-0.39, 0.29) is 17.8 Å². The SMILES string of the molecule is CCNC(=NCc1cccc(NC(=O)c2ccco2)c1)NCC1COc2ccccc2O1. The predicted molar refractivity (Wildman–Crippen MR) is 122 cm³/mol. The summed E-state index contributed by atoms with van der Waals surface area (Å²) in [5.41, 5.74) is 1.65. The average Bonchev–Trinajstić information content (AvgIpc) is 3.36. The number of guanidine groups is 1. The van der Waals surface area contributed by atoms with Crippen LogP contribution in [0, 0.1) is 0 Å². The van der Waals surface area contributed by atoms with Crippen molar-refractivity contribution in [3.63, 3.8) is 0 Å². The summed E-state index contributed by atoms with van der Waals surface area (Å²) in [7, 11) is 0. The molecule has 8 heteroatoms. The normalized spacial score (nSPS) is 15.2. The number of nitrogens with zero attached hydrogens (tertiary/aromatic N) is 1. The quantitative estimate of drug-likeness (QED) is 0.389. The molecule has 0 aliphatic carbocycles. The molecular formula is C24H26N4O4. The molecule has 32 heavy (non-hydrogen) atoms. The highest BCUT2D eigenvalue weighted by Crippen LogP contribution is 2.30. The van der Waals surface area contributed by atoms with E-state index >= 15 is 0 Å². The van der Waals surface area contributed by atoms with Crippen LogP contribution in [-0.2, 0) is 6.54 Å². The lowest BCUT2D eigenvalue weighted by atomic mass is 10.2. The fourth-order valence-corrected chi connectivity index (χ4v) is 3.23. The monoisotopic (exact) mass is 434 g/mol. The first-order valence-electron chi connectivity index (χ1n) is 10.6. The third-order valence-electron chi connectivity index (χ3n) is 4.76. The van der Waals surface area contributed by atoms with E-state index in [1.165, 1.54) is 6.26 Å². The van der Waals surface area contributed by atoms with Gasteiger partial charge in [0.05, 0.1) is 19.4 Å². The second-order valence-corrected chi connectivity index (χ2v) is 7.21. The number of para-hydroxylation sites is 2. The highest BCUT2D eigenvalue weighted by molar-refractivity contribution is 6.02. The number of hydrogen-bond donors (Lipinski definition) is 3. The van der Waals surface area contributed by atoms with Gasteiger partial charge in [-0.15, -0.1) is 0 Å². The van der Waals surface area contributed by atoms with Crippen LogP contribution in [0.15, 0.2) is 76.3 Å². The van der Waals surface area contributed by atoms with Gasteiger partial charge in [-0.05, 0) is 48.9 Å². The molecule has 0 radical (unpaired) electrons. The number of anilines is 1. The molecule has 1 aromatic heterocycles. The molecule has 0 fully saturated rings. The van der Waals surface area contributed by atoms with Crippen LogP contribution in [0.25, 0.3) is 0 Å². The largest absolute Gasteiger partial charge is 0.486 e. The maximum absolute atomic E-state index is 12.2. The summed E-state index contributed by atoms with van der Waals surface area (Å²) in [4.78, 5) is 16.8. The Morgan fingerprint density at radius 1 is 1.06 bits per heavy atom. The van der Waals surface area contributed by atoms with E-state index in [1.54, 1.807) is 12.1 Å². The van der Waals surface area contributed by atoms with Crippen LogP contribution in [0.3, 0.4) is 0 Å². The molecule has 0 saturated heterocycles. The summed E-state index contributed by atoms with van der Waals surface area (Å²) >= 11 is 0. The van der Waals surface area contributed by atoms with E-state index in [9.17, 15) is 4.79 Å². The Balaban J connectivity index is 1.33. The van der Waals surface area contributed by atoms with E-state index in [2.05, 4.69) is 20.9 Å². The zero-order valence-corrected chi connectivity index (χ0v) is 17.8. The van der Waals surface area contributed by atoms with Crippen molar-refractivity contribution in [1.82, 2.24) is 10.6 Å². The van der Waals surface area contributed by atoms with Gasteiger partial charge < -0.3 is 29.8 Å². The van der Waals surface area contributed by atoms with Crippen LogP contribution in [0.2, 0.25) is 0 Å². The van der Waals surface area contributed by atoms with Gasteiger partial charge in [0.25, 0.3) is 5.91 Å². The molecule has 1 aliphatic rings. The van der Waals surface area contributed by atoms with Gasteiger partial charge in [-0.1, -0.05) is 24.3 Å². The van der Waals surface area contributed by atoms with Gasteiger partial charge in [-0.2, -0.15) is 0 Å². The molecule has 2 heterocycles. The number of ether oxygens (including phenoxy) is 2. The van der Waals surface area contributed by atoms with Gasteiger partial charge >= 0.3 is 0 Å². The van der Waals surface area contributed by atoms with Crippen molar-refractivity contribution < 1.29 is 18.7 Å². The molecule has 1 atom stereocenters. The highest BCUT2D eigenvalue weighted by atomic mass is 16.6. The number of benzene rings is 2. The Morgan fingerprint density at radius 2 is 1.94 bits per heavy atom. The summed E-state index contributed by atoms with van der Waals surface area (Å²) in [5.74, 6) is 2.18. The van der Waals surface area contributed by atoms with Crippen LogP contribution < -0.4 is 25.4 Å². The number of carbonyl (C=O) groups excluding carboxylic acids is 1. The minimum absolute atomic E-state index is 0.117. The third kappa shape index (κ3) is 5.60. The predicted octanol–water partition coefficient (Wildman–Crippen LogP) is 3.43. The average molecular weight is 434 g/mol. The van der Waals surface area contributed by atoms with Gasteiger partial charge in [0.15, 0.2) is 23.2 Å². The number of fused-ring (bicyclic) bond motifs is 1. The fourth-order valence-electron chi connectivity index (χ4n) is 3.23. The summed E-state index contributed by atoms with van der Waals surface area (Å²) in [6.07, 6.45) is 1.35. The van der Waals surface area contributed by atoms with Crippen LogP contribution in [0.4, 0.5) is 5.69 Å². The second kappa shape index (κ2) is 10.4. The molecule has 4 rings (SSSR count). The molecule has 0 saturated carbocycles. The molecule has 1 amide bonds. The third-order valence-corrected chi connectivity index (χ3v) is 4.76. The summed E-state index contributed by atoms with van der Waals surface area (Å²) in [5, 5.41) is 9.38. The van der Waals surface area contributed by atoms with Crippen LogP contribution in [-0.4, -0.2) is 37.7 Å². The van der Waals surface area contributed by atoms with Gasteiger partial charge in [0.2, 0.25) is 0 Å². The summed E-state index contributed by atoms with van der Waals surface area (Å²) < 4.78 is 16.9. The lowest BCUT2D eigenvalue weighted by Gasteiger charge is -2.27. The number of aliphatic imine (C=N–C) groups is 1. The fraction of sp³-hybridized carbons (Fsp3) is 0.250. The van der Waals surface area contributed by atoms with E-state index in [4.69, 9.17) is 13.9 Å². The molecule has 8 nitrogen and oxygen atoms in total. The van der Waals surface area contributed by atoms with E-state index < -0.39 is 0 Å². The molecule has 3 N–H and O–H groups in total. The maximum Gasteiger partial charge on any atom is 0.291 e. The molecule has 0 spiro atoms. The maximum atomic E-state index is 12.2. The van der Waals surface area contributed by atoms with Crippen LogP contribution in [0.1, 0.15) is 23.0 Å². The minimum Gasteiger partial charge on any atom is -0.486 e. The Bertz CT molecular complexity index is 1070. The van der Waals surface area contributed by atoms with Crippen LogP contribution >= 0.6 is 0 Å². The second-order valence-electron chi connectivity index (χ2n) is 7.21. The van der Waals surface area contributed by atoms with Gasteiger partial charge in [0, 0.05) is 12.2 Å². The Kier molecular flexibility index (Phi) is 6.91. The van der Waals surface area contributed by atoms with E-state index in [0.717, 1.165) is 23.6 Å². The number of rotatable bonds is 7. The van der Waals surface area contributed by atoms with Crippen molar-refractivity contribution in [2.75, 3.05) is 25.0 Å². The summed E-state index contributed by atoms with van der Waals surface area (Å²) in [6.45, 7) is 4.22. The number of furan rings is 1. The summed E-state index contributed by atoms with van der Waals surface area (Å²) in [6, 6.07) is 18.5. The number of nitrogens with one attached hydrogen (secondary N) is 3. The molecule has 0 bridgehead atoms. The first-order chi connectivity index (χ1) is 15.7. The molecular weight excluding hydrogens is 408 g/mol. The molecule has 166 valence electrons. The standard InChI is InChI=1S/C24H26N4O4/c1-2-25-24(27-15-19-16-31-20-9-3-4-10-21(20)32-19)26-14-17-7-5-8-18(13-17)28-23(29)22-11-6-12-30-22/h3-13,19H,2,14-16H2,1H3,(H,28,29)(H2,25,26,27).